The van der Waals surface area contributed by atoms with E-state index in [-0.39, 0.29) is 19.4 Å². The molecule has 37 heavy (non-hydrogen) atoms. The van der Waals surface area contributed by atoms with Crippen molar-refractivity contribution in [1.29, 1.82) is 0 Å². The molecule has 192 valence electrons. The van der Waals surface area contributed by atoms with E-state index in [0.717, 1.165) is 0 Å². The Kier molecular flexibility index (Phi) is 9.78. The fourth-order valence-corrected chi connectivity index (χ4v) is 3.77. The first kappa shape index (κ1) is 26.9. The maximum absolute atomic E-state index is 13.3. The third-order valence-electron chi connectivity index (χ3n) is 5.68. The fraction of sp³-hybridized carbons (Fsp3) is 0.214. The number of rotatable bonds is 12. The second-order valence-corrected chi connectivity index (χ2v) is 8.41. The lowest BCUT2D eigenvalue weighted by Gasteiger charge is -2.26. The van der Waals surface area contributed by atoms with Crippen LogP contribution >= 0.6 is 0 Å². The molecule has 3 rings (SSSR count). The summed E-state index contributed by atoms with van der Waals surface area (Å²) in [5, 5.41) is 24.4. The lowest BCUT2D eigenvalue weighted by Crippen LogP contribution is -2.56. The van der Waals surface area contributed by atoms with Gasteiger partial charge in [0.05, 0.1) is 5.92 Å². The minimum Gasteiger partial charge on any atom is -0.481 e. The van der Waals surface area contributed by atoms with Crippen LogP contribution in [0.4, 0.5) is 4.79 Å². The summed E-state index contributed by atoms with van der Waals surface area (Å²) in [6, 6.07) is 23.2. The molecule has 0 saturated heterocycles. The number of nitrogens with one attached hydrogen (secondary N) is 2. The van der Waals surface area contributed by atoms with Crippen LogP contribution in [-0.2, 0) is 38.6 Å². The summed E-state index contributed by atoms with van der Waals surface area (Å²) < 4.78 is 5.20. The first-order chi connectivity index (χ1) is 17.8. The van der Waals surface area contributed by atoms with Gasteiger partial charge in [-0.3, -0.25) is 9.59 Å². The summed E-state index contributed by atoms with van der Waals surface area (Å²) >= 11 is 0. The summed E-state index contributed by atoms with van der Waals surface area (Å²) in [5.41, 5.74) is 2.00. The molecular formula is C28H28N2O7. The van der Waals surface area contributed by atoms with Crippen LogP contribution in [0.15, 0.2) is 91.0 Å². The Morgan fingerprint density at radius 3 is 1.62 bits per heavy atom. The van der Waals surface area contributed by atoms with Gasteiger partial charge in [0.1, 0.15) is 18.7 Å². The Balaban J connectivity index is 1.80. The third-order valence-corrected chi connectivity index (χ3v) is 5.68. The standard InChI is InChI=1S/C28H28N2O7/c31-25(29-23(27(34)35)17-20-12-6-2-7-13-20)24(22(26(32)33)16-19-10-4-1-5-11-19)30-28(36)37-18-21-14-8-3-9-15-21/h1-15,22-24H,16-18H2,(H,29,31)(H,30,36)(H,32,33)(H,34,35)/t22?,23-,24-/m0/s1. The van der Waals surface area contributed by atoms with Crippen molar-refractivity contribution in [3.63, 3.8) is 0 Å². The van der Waals surface area contributed by atoms with Gasteiger partial charge in [0.15, 0.2) is 0 Å². The van der Waals surface area contributed by atoms with Crippen LogP contribution in [0.3, 0.4) is 0 Å². The number of carbonyl (C=O) groups excluding carboxylic acids is 2. The number of carboxylic acid groups (broad SMARTS) is 2. The smallest absolute Gasteiger partial charge is 0.408 e. The number of hydrogen-bond acceptors (Lipinski definition) is 5. The summed E-state index contributed by atoms with van der Waals surface area (Å²) in [5.74, 6) is -4.96. The molecule has 2 amide bonds. The van der Waals surface area contributed by atoms with Crippen LogP contribution < -0.4 is 10.6 Å². The van der Waals surface area contributed by atoms with E-state index in [4.69, 9.17) is 4.74 Å². The SMILES string of the molecule is O=C(N[C@H](C(=O)N[C@@H](Cc1ccccc1)C(=O)O)C(Cc1ccccc1)C(=O)O)OCc1ccccc1. The van der Waals surface area contributed by atoms with E-state index in [0.29, 0.717) is 16.7 Å². The van der Waals surface area contributed by atoms with E-state index in [1.54, 1.807) is 91.0 Å². The highest BCUT2D eigenvalue weighted by Gasteiger charge is 2.37. The highest BCUT2D eigenvalue weighted by Crippen LogP contribution is 2.15. The molecule has 1 unspecified atom stereocenters. The lowest BCUT2D eigenvalue weighted by atomic mass is 9.91. The average Bonchev–Trinajstić information content (AvgIpc) is 2.90. The number of aliphatic carboxylic acids is 2. The molecule has 0 aliphatic heterocycles. The zero-order chi connectivity index (χ0) is 26.6. The molecule has 0 saturated carbocycles. The number of alkyl carbamates (subject to hydrolysis) is 1. The number of benzene rings is 3. The minimum atomic E-state index is -1.60. The average molecular weight is 505 g/mol. The van der Waals surface area contributed by atoms with Crippen molar-refractivity contribution in [2.75, 3.05) is 0 Å². The highest BCUT2D eigenvalue weighted by molar-refractivity contribution is 5.93. The molecule has 9 heteroatoms. The molecule has 3 atom stereocenters. The molecule has 0 bridgehead atoms. The van der Waals surface area contributed by atoms with Crippen LogP contribution in [0, 0.1) is 5.92 Å². The van der Waals surface area contributed by atoms with Crippen molar-refractivity contribution in [2.24, 2.45) is 5.92 Å². The van der Waals surface area contributed by atoms with E-state index in [9.17, 15) is 29.4 Å². The van der Waals surface area contributed by atoms with E-state index < -0.39 is 41.9 Å². The van der Waals surface area contributed by atoms with Gasteiger partial charge < -0.3 is 25.6 Å². The third kappa shape index (κ3) is 8.50. The summed E-state index contributed by atoms with van der Waals surface area (Å²) in [6.45, 7) is -0.0941. The van der Waals surface area contributed by atoms with Crippen LogP contribution in [0.5, 0.6) is 0 Å². The van der Waals surface area contributed by atoms with Gasteiger partial charge in [-0.25, -0.2) is 9.59 Å². The molecule has 0 spiro atoms. The van der Waals surface area contributed by atoms with Gasteiger partial charge in [-0.1, -0.05) is 91.0 Å². The van der Waals surface area contributed by atoms with Gasteiger partial charge in [0.25, 0.3) is 0 Å². The van der Waals surface area contributed by atoms with Crippen molar-refractivity contribution in [3.05, 3.63) is 108 Å². The largest absolute Gasteiger partial charge is 0.481 e. The maximum Gasteiger partial charge on any atom is 0.408 e. The number of hydrogen-bond donors (Lipinski definition) is 4. The first-order valence-corrected chi connectivity index (χ1v) is 11.6. The normalized spacial score (nSPS) is 13.0. The van der Waals surface area contributed by atoms with Crippen molar-refractivity contribution in [2.45, 2.75) is 31.5 Å². The highest BCUT2D eigenvalue weighted by atomic mass is 16.5. The first-order valence-electron chi connectivity index (χ1n) is 11.6. The molecule has 3 aromatic rings. The van der Waals surface area contributed by atoms with Crippen molar-refractivity contribution in [1.82, 2.24) is 10.6 Å². The monoisotopic (exact) mass is 504 g/mol. The Bertz CT molecular complexity index is 1190. The molecule has 0 aromatic heterocycles. The predicted octanol–water partition coefficient (Wildman–Crippen LogP) is 3.04. The van der Waals surface area contributed by atoms with Gasteiger partial charge in [-0.05, 0) is 23.1 Å². The van der Waals surface area contributed by atoms with Crippen LogP contribution in [-0.4, -0.2) is 46.2 Å². The van der Waals surface area contributed by atoms with Crippen LogP contribution in [0.25, 0.3) is 0 Å². The van der Waals surface area contributed by atoms with Gasteiger partial charge in [0.2, 0.25) is 5.91 Å². The zero-order valence-electron chi connectivity index (χ0n) is 19.9. The summed E-state index contributed by atoms with van der Waals surface area (Å²) in [4.78, 5) is 50.0. The van der Waals surface area contributed by atoms with Crippen molar-refractivity contribution < 1.29 is 34.1 Å². The topological polar surface area (TPSA) is 142 Å². The van der Waals surface area contributed by atoms with Gasteiger partial charge >= 0.3 is 18.0 Å². The Morgan fingerprint density at radius 2 is 1.14 bits per heavy atom. The van der Waals surface area contributed by atoms with Gasteiger partial charge in [0, 0.05) is 6.42 Å². The molecule has 0 radical (unpaired) electrons. The van der Waals surface area contributed by atoms with Crippen LogP contribution in [0.1, 0.15) is 16.7 Å². The molecule has 3 aromatic carbocycles. The molecule has 0 heterocycles. The summed E-state index contributed by atoms with van der Waals surface area (Å²) in [7, 11) is 0. The Labute approximate surface area is 214 Å². The second kappa shape index (κ2) is 13.4. The molecule has 0 aliphatic carbocycles. The van der Waals surface area contributed by atoms with Crippen molar-refractivity contribution in [3.8, 4) is 0 Å². The van der Waals surface area contributed by atoms with E-state index >= 15 is 0 Å². The van der Waals surface area contributed by atoms with E-state index in [1.165, 1.54) is 0 Å². The molecule has 0 aliphatic rings. The zero-order valence-corrected chi connectivity index (χ0v) is 19.9. The van der Waals surface area contributed by atoms with E-state index in [2.05, 4.69) is 10.6 Å². The fourth-order valence-electron chi connectivity index (χ4n) is 3.77. The maximum atomic E-state index is 13.3. The Hall–Kier alpha value is -4.66. The number of carbonyl (C=O) groups is 4. The van der Waals surface area contributed by atoms with Gasteiger partial charge in [-0.2, -0.15) is 0 Å². The molecule has 4 N–H and O–H groups in total. The molecular weight excluding hydrogens is 476 g/mol. The number of carboxylic acids is 2. The summed E-state index contributed by atoms with van der Waals surface area (Å²) in [6.07, 6.45) is -1.11. The quantitative estimate of drug-likeness (QED) is 0.297. The van der Waals surface area contributed by atoms with Gasteiger partial charge in [-0.15, -0.1) is 0 Å². The Morgan fingerprint density at radius 1 is 0.649 bits per heavy atom. The molecule has 0 fully saturated rings. The second-order valence-electron chi connectivity index (χ2n) is 8.41. The van der Waals surface area contributed by atoms with Crippen molar-refractivity contribution >= 4 is 23.9 Å². The lowest BCUT2D eigenvalue weighted by molar-refractivity contribution is -0.146. The minimum absolute atomic E-state index is 0.0243. The number of amides is 2. The van der Waals surface area contributed by atoms with Crippen LogP contribution in [0.2, 0.25) is 0 Å². The van der Waals surface area contributed by atoms with E-state index in [1.807, 2.05) is 0 Å². The predicted molar refractivity (Wildman–Crippen MR) is 135 cm³/mol. The molecule has 9 nitrogen and oxygen atoms in total. The number of ether oxygens (including phenoxy) is 1.